The highest BCUT2D eigenvalue weighted by Crippen LogP contribution is 2.30. The van der Waals surface area contributed by atoms with E-state index in [1.54, 1.807) is 0 Å². The van der Waals surface area contributed by atoms with Gasteiger partial charge >= 0.3 is 5.97 Å². The molecule has 0 amide bonds. The molecule has 12 heavy (non-hydrogen) atoms. The summed E-state index contributed by atoms with van der Waals surface area (Å²) in [7, 11) is 0. The Bertz CT molecular complexity index is 193. The molecule has 3 heteroatoms. The van der Waals surface area contributed by atoms with Gasteiger partial charge in [0.15, 0.2) is 0 Å². The Morgan fingerprint density at radius 2 is 2.00 bits per heavy atom. The predicted octanol–water partition coefficient (Wildman–Crippen LogP) is 1.09. The number of carboxylic acid groups (broad SMARTS) is 1. The van der Waals surface area contributed by atoms with Crippen LogP contribution in [0, 0.1) is 0 Å². The number of carboxylic acids is 1. The van der Waals surface area contributed by atoms with Crippen molar-refractivity contribution in [3.8, 4) is 0 Å². The maximum Gasteiger partial charge on any atom is 0.320 e. The fraction of sp³-hybridized carbons (Fsp3) is 0.889. The minimum absolute atomic E-state index is 0.175. The van der Waals surface area contributed by atoms with Crippen LogP contribution in [0.3, 0.4) is 0 Å². The summed E-state index contributed by atoms with van der Waals surface area (Å²) >= 11 is 0. The van der Waals surface area contributed by atoms with Gasteiger partial charge in [-0.2, -0.15) is 0 Å². The summed E-state index contributed by atoms with van der Waals surface area (Å²) in [4.78, 5) is 13.0. The molecule has 0 spiro atoms. The van der Waals surface area contributed by atoms with Crippen LogP contribution < -0.4 is 0 Å². The minimum atomic E-state index is -0.624. The molecule has 2 aliphatic rings. The molecule has 2 unspecified atom stereocenters. The number of aliphatic carboxylic acids is 1. The maximum absolute atomic E-state index is 10.9. The third-order valence-electron chi connectivity index (χ3n) is 3.12. The molecule has 0 saturated carbocycles. The van der Waals surface area contributed by atoms with Gasteiger partial charge in [0.05, 0.1) is 0 Å². The van der Waals surface area contributed by atoms with Crippen molar-refractivity contribution in [2.75, 3.05) is 6.54 Å². The fourth-order valence-corrected chi connectivity index (χ4v) is 2.56. The second-order valence-corrected chi connectivity index (χ2v) is 3.82. The first-order valence-electron chi connectivity index (χ1n) is 4.77. The van der Waals surface area contributed by atoms with Crippen LogP contribution in [0.4, 0.5) is 0 Å². The molecule has 3 nitrogen and oxygen atoms in total. The zero-order valence-electron chi connectivity index (χ0n) is 7.20. The molecule has 0 aromatic heterocycles. The normalized spacial score (nSPS) is 36.3. The minimum Gasteiger partial charge on any atom is -0.480 e. The third kappa shape index (κ3) is 1.22. The molecule has 68 valence electrons. The van der Waals surface area contributed by atoms with Crippen molar-refractivity contribution >= 4 is 5.97 Å². The standard InChI is InChI=1S/C9H15NO2/c11-9(12)8-5-1-3-7-4-2-6-10(7)8/h7-8H,1-6H2,(H,11,12). The lowest BCUT2D eigenvalue weighted by Crippen LogP contribution is -2.46. The maximum atomic E-state index is 10.9. The Morgan fingerprint density at radius 3 is 2.75 bits per heavy atom. The molecule has 0 aliphatic carbocycles. The summed E-state index contributed by atoms with van der Waals surface area (Å²) in [6.45, 7) is 1.00. The first-order chi connectivity index (χ1) is 5.79. The van der Waals surface area contributed by atoms with Crippen molar-refractivity contribution in [2.45, 2.75) is 44.2 Å². The first kappa shape index (κ1) is 8.05. The quantitative estimate of drug-likeness (QED) is 0.638. The third-order valence-corrected chi connectivity index (χ3v) is 3.12. The predicted molar refractivity (Wildman–Crippen MR) is 45.0 cm³/mol. The van der Waals surface area contributed by atoms with E-state index < -0.39 is 5.97 Å². The lowest BCUT2D eigenvalue weighted by molar-refractivity contribution is -0.145. The summed E-state index contributed by atoms with van der Waals surface area (Å²) in [5, 5.41) is 8.94. The second-order valence-electron chi connectivity index (χ2n) is 3.82. The zero-order chi connectivity index (χ0) is 8.55. The summed E-state index contributed by atoms with van der Waals surface area (Å²) < 4.78 is 0. The SMILES string of the molecule is O=C(O)C1CCCC2CCCN21. The van der Waals surface area contributed by atoms with Gasteiger partial charge in [-0.1, -0.05) is 0 Å². The van der Waals surface area contributed by atoms with Crippen LogP contribution in [0.25, 0.3) is 0 Å². The highest BCUT2D eigenvalue weighted by Gasteiger charge is 2.37. The number of hydrogen-bond acceptors (Lipinski definition) is 2. The molecular weight excluding hydrogens is 154 g/mol. The molecule has 2 rings (SSSR count). The Morgan fingerprint density at radius 1 is 1.25 bits per heavy atom. The lowest BCUT2D eigenvalue weighted by atomic mass is 9.97. The van der Waals surface area contributed by atoms with E-state index in [2.05, 4.69) is 4.90 Å². The Hall–Kier alpha value is -0.570. The van der Waals surface area contributed by atoms with Crippen LogP contribution in [0.2, 0.25) is 0 Å². The van der Waals surface area contributed by atoms with Crippen molar-refractivity contribution in [1.82, 2.24) is 4.90 Å². The smallest absolute Gasteiger partial charge is 0.320 e. The molecule has 0 radical (unpaired) electrons. The Kier molecular flexibility index (Phi) is 2.05. The summed E-state index contributed by atoms with van der Waals surface area (Å²) in [5.74, 6) is -0.624. The number of hydrogen-bond donors (Lipinski definition) is 1. The van der Waals surface area contributed by atoms with Crippen LogP contribution >= 0.6 is 0 Å². The van der Waals surface area contributed by atoms with Gasteiger partial charge in [0, 0.05) is 6.04 Å². The van der Waals surface area contributed by atoms with E-state index >= 15 is 0 Å². The number of rotatable bonds is 1. The molecule has 2 fully saturated rings. The summed E-state index contributed by atoms with van der Waals surface area (Å²) in [6, 6.07) is 0.408. The Labute approximate surface area is 72.4 Å². The molecule has 2 aliphatic heterocycles. The van der Waals surface area contributed by atoms with Crippen molar-refractivity contribution < 1.29 is 9.90 Å². The van der Waals surface area contributed by atoms with Crippen LogP contribution in [-0.4, -0.2) is 34.6 Å². The van der Waals surface area contributed by atoms with Gasteiger partial charge < -0.3 is 5.11 Å². The highest BCUT2D eigenvalue weighted by atomic mass is 16.4. The van der Waals surface area contributed by atoms with E-state index in [-0.39, 0.29) is 6.04 Å². The molecule has 1 N–H and O–H groups in total. The lowest BCUT2D eigenvalue weighted by Gasteiger charge is -2.34. The number of piperidine rings is 1. The monoisotopic (exact) mass is 169 g/mol. The fourth-order valence-electron chi connectivity index (χ4n) is 2.56. The van der Waals surface area contributed by atoms with Crippen molar-refractivity contribution in [3.05, 3.63) is 0 Å². The Balaban J connectivity index is 2.08. The van der Waals surface area contributed by atoms with E-state index in [4.69, 9.17) is 5.11 Å². The van der Waals surface area contributed by atoms with Crippen molar-refractivity contribution in [3.63, 3.8) is 0 Å². The first-order valence-corrected chi connectivity index (χ1v) is 4.77. The van der Waals surface area contributed by atoms with Gasteiger partial charge in [-0.3, -0.25) is 9.69 Å². The number of nitrogens with zero attached hydrogens (tertiary/aromatic N) is 1. The van der Waals surface area contributed by atoms with Crippen LogP contribution in [0.5, 0.6) is 0 Å². The van der Waals surface area contributed by atoms with E-state index in [0.29, 0.717) is 6.04 Å². The van der Waals surface area contributed by atoms with Crippen molar-refractivity contribution in [1.29, 1.82) is 0 Å². The van der Waals surface area contributed by atoms with E-state index in [9.17, 15) is 4.79 Å². The van der Waals surface area contributed by atoms with Gasteiger partial charge in [-0.05, 0) is 38.6 Å². The average molecular weight is 169 g/mol. The van der Waals surface area contributed by atoms with Gasteiger partial charge in [-0.15, -0.1) is 0 Å². The van der Waals surface area contributed by atoms with Gasteiger partial charge in [0.25, 0.3) is 0 Å². The van der Waals surface area contributed by atoms with Gasteiger partial charge in [0.1, 0.15) is 6.04 Å². The summed E-state index contributed by atoms with van der Waals surface area (Å²) in [5.41, 5.74) is 0. The molecule has 2 saturated heterocycles. The molecule has 0 bridgehead atoms. The topological polar surface area (TPSA) is 40.5 Å². The molecule has 0 aromatic rings. The largest absolute Gasteiger partial charge is 0.480 e. The van der Waals surface area contributed by atoms with E-state index in [1.165, 1.54) is 19.3 Å². The van der Waals surface area contributed by atoms with Crippen LogP contribution in [0.15, 0.2) is 0 Å². The number of carbonyl (C=O) groups is 1. The number of fused-ring (bicyclic) bond motifs is 1. The van der Waals surface area contributed by atoms with Gasteiger partial charge in [-0.25, -0.2) is 0 Å². The molecule has 2 atom stereocenters. The highest BCUT2D eigenvalue weighted by molar-refractivity contribution is 5.73. The zero-order valence-corrected chi connectivity index (χ0v) is 7.20. The van der Waals surface area contributed by atoms with Gasteiger partial charge in [0.2, 0.25) is 0 Å². The van der Waals surface area contributed by atoms with Crippen molar-refractivity contribution in [2.24, 2.45) is 0 Å². The van der Waals surface area contributed by atoms with E-state index in [0.717, 1.165) is 19.4 Å². The molecule has 2 heterocycles. The van der Waals surface area contributed by atoms with E-state index in [1.807, 2.05) is 0 Å². The molecule has 0 aromatic carbocycles. The van der Waals surface area contributed by atoms with Crippen LogP contribution in [-0.2, 0) is 4.79 Å². The summed E-state index contributed by atoms with van der Waals surface area (Å²) in [6.07, 6.45) is 5.56. The second kappa shape index (κ2) is 3.05. The average Bonchev–Trinajstić information content (AvgIpc) is 2.49. The molecular formula is C9H15NO2. The van der Waals surface area contributed by atoms with Crippen LogP contribution in [0.1, 0.15) is 32.1 Å².